The second-order valence-electron chi connectivity index (χ2n) is 8.25. The molecule has 0 spiro atoms. The molecule has 0 radical (unpaired) electrons. The molecule has 0 saturated carbocycles. The molecule has 2 aromatic carbocycles. The molecule has 13 heteroatoms. The molecule has 2 aromatic heterocycles. The van der Waals surface area contributed by atoms with Gasteiger partial charge in [0.1, 0.15) is 12.6 Å². The largest absolute Gasteiger partial charge is 0.416 e. The molecular formula is C23H22ClF3N6O3. The normalized spacial score (nSPS) is 13.7. The Morgan fingerprint density at radius 1 is 1.08 bits per heavy atom. The first-order valence-corrected chi connectivity index (χ1v) is 11.2. The summed E-state index contributed by atoms with van der Waals surface area (Å²) in [5.41, 5.74) is 1.02. The van der Waals surface area contributed by atoms with Crippen molar-refractivity contribution in [3.05, 3.63) is 81.3 Å². The fraction of sp³-hybridized carbons (Fsp3) is 0.304. The molecule has 1 unspecified atom stereocenters. The minimum absolute atomic E-state index is 0.0890. The van der Waals surface area contributed by atoms with Gasteiger partial charge in [-0.2, -0.15) is 13.2 Å². The molecule has 2 heterocycles. The highest BCUT2D eigenvalue weighted by Gasteiger charge is 2.39. The van der Waals surface area contributed by atoms with Crippen LogP contribution in [0.3, 0.4) is 0 Å². The number of hydrogen-bond donors (Lipinski definition) is 2. The zero-order valence-corrected chi connectivity index (χ0v) is 19.9. The molecule has 0 amide bonds. The SMILES string of the molecule is Cc1cccc(-n2nc(Cn3nc(-c4ccc(Cl)cc4)n(C[C@H](O)C(F)(F)F)c3=O)nc2C(C)O)c1. The van der Waals surface area contributed by atoms with E-state index in [1.165, 1.54) is 35.9 Å². The van der Waals surface area contributed by atoms with Crippen LogP contribution in [0.15, 0.2) is 53.3 Å². The number of benzene rings is 2. The van der Waals surface area contributed by atoms with Gasteiger partial charge in [0, 0.05) is 10.6 Å². The van der Waals surface area contributed by atoms with Crippen molar-refractivity contribution in [1.29, 1.82) is 0 Å². The third-order valence-corrected chi connectivity index (χ3v) is 5.60. The van der Waals surface area contributed by atoms with Gasteiger partial charge in [-0.3, -0.25) is 4.57 Å². The van der Waals surface area contributed by atoms with E-state index in [0.717, 1.165) is 14.8 Å². The minimum Gasteiger partial charge on any atom is -0.385 e. The van der Waals surface area contributed by atoms with Crippen LogP contribution >= 0.6 is 11.6 Å². The molecule has 4 aromatic rings. The highest BCUT2D eigenvalue weighted by molar-refractivity contribution is 6.30. The predicted octanol–water partition coefficient (Wildman–Crippen LogP) is 3.28. The Labute approximate surface area is 208 Å². The molecule has 2 N–H and O–H groups in total. The quantitative estimate of drug-likeness (QED) is 0.385. The first kappa shape index (κ1) is 25.6. The summed E-state index contributed by atoms with van der Waals surface area (Å²) in [6.07, 6.45) is -8.70. The number of aryl methyl sites for hydroxylation is 1. The van der Waals surface area contributed by atoms with Crippen LogP contribution in [0.25, 0.3) is 17.1 Å². The second-order valence-corrected chi connectivity index (χ2v) is 8.69. The highest BCUT2D eigenvalue weighted by atomic mass is 35.5. The van der Waals surface area contributed by atoms with Crippen LogP contribution in [0.4, 0.5) is 13.2 Å². The zero-order chi connectivity index (χ0) is 26.2. The third kappa shape index (κ3) is 5.35. The molecule has 0 bridgehead atoms. The lowest BCUT2D eigenvalue weighted by Crippen LogP contribution is -2.37. The third-order valence-electron chi connectivity index (χ3n) is 5.35. The van der Waals surface area contributed by atoms with Crippen LogP contribution in [0.5, 0.6) is 0 Å². The van der Waals surface area contributed by atoms with E-state index in [-0.39, 0.29) is 24.0 Å². The summed E-state index contributed by atoms with van der Waals surface area (Å²) >= 11 is 5.91. The van der Waals surface area contributed by atoms with Gasteiger partial charge in [-0.15, -0.1) is 10.2 Å². The van der Waals surface area contributed by atoms with Crippen LogP contribution in [0, 0.1) is 6.92 Å². The van der Waals surface area contributed by atoms with Gasteiger partial charge in [0.2, 0.25) is 0 Å². The molecule has 0 fully saturated rings. The maximum absolute atomic E-state index is 13.1. The number of aliphatic hydroxyl groups is 2. The average Bonchev–Trinajstić information content (AvgIpc) is 3.36. The Morgan fingerprint density at radius 2 is 1.78 bits per heavy atom. The van der Waals surface area contributed by atoms with E-state index in [1.54, 1.807) is 6.07 Å². The number of aromatic nitrogens is 6. The number of aliphatic hydroxyl groups excluding tert-OH is 2. The van der Waals surface area contributed by atoms with Crippen molar-refractivity contribution in [2.75, 3.05) is 0 Å². The predicted molar refractivity (Wildman–Crippen MR) is 125 cm³/mol. The van der Waals surface area contributed by atoms with Crippen molar-refractivity contribution in [3.63, 3.8) is 0 Å². The van der Waals surface area contributed by atoms with E-state index in [2.05, 4.69) is 15.2 Å². The summed E-state index contributed by atoms with van der Waals surface area (Å²) < 4.78 is 42.3. The zero-order valence-electron chi connectivity index (χ0n) is 19.2. The Balaban J connectivity index is 1.77. The van der Waals surface area contributed by atoms with E-state index in [9.17, 15) is 28.2 Å². The van der Waals surface area contributed by atoms with Gasteiger partial charge in [0.05, 0.1) is 12.2 Å². The first-order chi connectivity index (χ1) is 16.9. The van der Waals surface area contributed by atoms with Gasteiger partial charge in [-0.25, -0.2) is 19.1 Å². The molecule has 190 valence electrons. The lowest BCUT2D eigenvalue weighted by Gasteiger charge is -2.15. The van der Waals surface area contributed by atoms with Crippen molar-refractivity contribution in [2.45, 2.75) is 45.3 Å². The summed E-state index contributed by atoms with van der Waals surface area (Å²) in [4.78, 5) is 17.4. The summed E-state index contributed by atoms with van der Waals surface area (Å²) in [7, 11) is 0. The number of rotatable bonds is 7. The van der Waals surface area contributed by atoms with Gasteiger partial charge in [-0.05, 0) is 55.8 Å². The van der Waals surface area contributed by atoms with Gasteiger partial charge >= 0.3 is 11.9 Å². The van der Waals surface area contributed by atoms with Crippen molar-refractivity contribution >= 4 is 11.6 Å². The van der Waals surface area contributed by atoms with Crippen molar-refractivity contribution < 1.29 is 23.4 Å². The van der Waals surface area contributed by atoms with E-state index in [0.29, 0.717) is 16.3 Å². The van der Waals surface area contributed by atoms with Gasteiger partial charge in [0.25, 0.3) is 0 Å². The van der Waals surface area contributed by atoms with Gasteiger partial charge in [0.15, 0.2) is 23.6 Å². The topological polar surface area (TPSA) is 111 Å². The molecule has 9 nitrogen and oxygen atoms in total. The summed E-state index contributed by atoms with van der Waals surface area (Å²) in [5, 5.41) is 28.8. The van der Waals surface area contributed by atoms with Crippen molar-refractivity contribution in [3.8, 4) is 17.1 Å². The fourth-order valence-corrected chi connectivity index (χ4v) is 3.71. The van der Waals surface area contributed by atoms with E-state index in [1.807, 2.05) is 25.1 Å². The molecule has 0 aliphatic rings. The summed E-state index contributed by atoms with van der Waals surface area (Å²) in [5.74, 6) is 0.237. The summed E-state index contributed by atoms with van der Waals surface area (Å²) in [6, 6.07) is 13.3. The molecular weight excluding hydrogens is 501 g/mol. The van der Waals surface area contributed by atoms with Crippen LogP contribution in [-0.4, -0.2) is 51.6 Å². The Morgan fingerprint density at radius 3 is 2.39 bits per heavy atom. The molecule has 2 atom stereocenters. The maximum Gasteiger partial charge on any atom is 0.416 e. The maximum atomic E-state index is 13.1. The highest BCUT2D eigenvalue weighted by Crippen LogP contribution is 2.24. The number of nitrogens with zero attached hydrogens (tertiary/aromatic N) is 6. The lowest BCUT2D eigenvalue weighted by atomic mass is 10.2. The van der Waals surface area contributed by atoms with E-state index < -0.39 is 30.6 Å². The van der Waals surface area contributed by atoms with Crippen LogP contribution < -0.4 is 5.69 Å². The summed E-state index contributed by atoms with van der Waals surface area (Å²) in [6.45, 7) is 2.07. The lowest BCUT2D eigenvalue weighted by molar-refractivity contribution is -0.207. The monoisotopic (exact) mass is 522 g/mol. The van der Waals surface area contributed by atoms with Gasteiger partial charge in [-0.1, -0.05) is 23.7 Å². The Kier molecular flexibility index (Phi) is 7.03. The molecule has 36 heavy (non-hydrogen) atoms. The van der Waals surface area contributed by atoms with Gasteiger partial charge < -0.3 is 10.2 Å². The smallest absolute Gasteiger partial charge is 0.385 e. The standard InChI is InChI=1S/C23H22ClF3N6O3/c1-13-4-3-5-17(10-13)33-20(14(2)34)28-19(29-33)12-32-22(36)31(11-18(35)23(25,26)27)21(30-32)15-6-8-16(24)9-7-15/h3-10,14,18,34-35H,11-12H2,1-2H3/t14?,18-/m0/s1. The van der Waals surface area contributed by atoms with Crippen molar-refractivity contribution in [2.24, 2.45) is 0 Å². The van der Waals surface area contributed by atoms with Crippen LogP contribution in [0.2, 0.25) is 5.02 Å². The molecule has 0 aliphatic heterocycles. The Bertz CT molecular complexity index is 1430. The minimum atomic E-state index is -4.93. The first-order valence-electron chi connectivity index (χ1n) is 10.8. The Hall–Kier alpha value is -3.48. The average molecular weight is 523 g/mol. The van der Waals surface area contributed by atoms with Crippen molar-refractivity contribution in [1.82, 2.24) is 29.1 Å². The number of hydrogen-bond acceptors (Lipinski definition) is 6. The molecule has 0 aliphatic carbocycles. The van der Waals surface area contributed by atoms with Crippen LogP contribution in [0.1, 0.15) is 30.2 Å². The fourth-order valence-electron chi connectivity index (χ4n) is 3.59. The van der Waals surface area contributed by atoms with E-state index >= 15 is 0 Å². The number of alkyl halides is 3. The second kappa shape index (κ2) is 9.88. The van der Waals surface area contributed by atoms with E-state index in [4.69, 9.17) is 11.6 Å². The number of halogens is 4. The van der Waals surface area contributed by atoms with Crippen LogP contribution in [-0.2, 0) is 13.1 Å². The molecule has 0 saturated heterocycles. The molecule has 4 rings (SSSR count).